The van der Waals surface area contributed by atoms with Crippen LogP contribution in [-0.2, 0) is 0 Å². The van der Waals surface area contributed by atoms with Crippen LogP contribution in [0.25, 0.3) is 11.1 Å². The van der Waals surface area contributed by atoms with Crippen molar-refractivity contribution in [2.75, 3.05) is 11.1 Å². The Bertz CT molecular complexity index is 740. The van der Waals surface area contributed by atoms with Gasteiger partial charge >= 0.3 is 0 Å². The van der Waals surface area contributed by atoms with Gasteiger partial charge in [-0.3, -0.25) is 4.98 Å². The maximum absolute atomic E-state index is 5.52. The number of nitrogens with two attached hydrogens (primary N) is 1. The number of aromatic amines is 1. The Hall–Kier alpha value is -2.89. The molecule has 6 nitrogen and oxygen atoms in total. The fourth-order valence-electron chi connectivity index (χ4n) is 2.46. The normalized spacial score (nSPS) is 10.6. The van der Waals surface area contributed by atoms with Crippen molar-refractivity contribution in [3.63, 3.8) is 0 Å². The topological polar surface area (TPSA) is 92.5 Å². The van der Waals surface area contributed by atoms with Gasteiger partial charge in [-0.15, -0.1) is 5.10 Å². The van der Waals surface area contributed by atoms with Crippen LogP contribution in [0.5, 0.6) is 0 Å². The first kappa shape index (κ1) is 13.1. The number of nitrogens with one attached hydrogen (secondary N) is 2. The molecule has 4 N–H and O–H groups in total. The molecular formula is C15H16N6. The molecule has 0 saturated carbocycles. The lowest BCUT2D eigenvalue weighted by Gasteiger charge is -2.12. The minimum absolute atomic E-state index is 0.290. The zero-order valence-electron chi connectivity index (χ0n) is 11.9. The molecule has 106 valence electrons. The Morgan fingerprint density at radius 1 is 1.19 bits per heavy atom. The number of anilines is 3. The van der Waals surface area contributed by atoms with Crippen molar-refractivity contribution >= 4 is 17.6 Å². The molecule has 0 unspecified atom stereocenters. The van der Waals surface area contributed by atoms with Crippen LogP contribution in [-0.4, -0.2) is 20.2 Å². The van der Waals surface area contributed by atoms with E-state index in [2.05, 4.69) is 57.5 Å². The quantitative estimate of drug-likeness (QED) is 0.686. The average molecular weight is 280 g/mol. The first-order valence-electron chi connectivity index (χ1n) is 6.60. The number of hydrogen-bond donors (Lipinski definition) is 3. The summed E-state index contributed by atoms with van der Waals surface area (Å²) in [5.41, 5.74) is 11.1. The van der Waals surface area contributed by atoms with Crippen LogP contribution in [0.1, 0.15) is 11.1 Å². The summed E-state index contributed by atoms with van der Waals surface area (Å²) in [5, 5.41) is 9.71. The summed E-state index contributed by atoms with van der Waals surface area (Å²) in [6, 6.07) is 8.12. The highest BCUT2D eigenvalue weighted by molar-refractivity contribution is 5.74. The van der Waals surface area contributed by atoms with E-state index in [0.717, 1.165) is 22.4 Å². The van der Waals surface area contributed by atoms with Gasteiger partial charge in [-0.05, 0) is 48.7 Å². The summed E-state index contributed by atoms with van der Waals surface area (Å²) >= 11 is 0. The molecule has 0 amide bonds. The fraction of sp³-hybridized carbons (Fsp3) is 0.133. The van der Waals surface area contributed by atoms with E-state index in [1.165, 1.54) is 5.56 Å². The van der Waals surface area contributed by atoms with Gasteiger partial charge in [0.05, 0.1) is 0 Å². The Morgan fingerprint density at radius 3 is 2.52 bits per heavy atom. The SMILES string of the molecule is Cc1cc(Nc2n[nH]c(N)n2)cc(C)c1-c1cccnc1. The van der Waals surface area contributed by atoms with Gasteiger partial charge in [0.15, 0.2) is 0 Å². The van der Waals surface area contributed by atoms with E-state index in [4.69, 9.17) is 5.73 Å². The summed E-state index contributed by atoms with van der Waals surface area (Å²) in [6.45, 7) is 4.15. The summed E-state index contributed by atoms with van der Waals surface area (Å²) in [4.78, 5) is 8.22. The van der Waals surface area contributed by atoms with Gasteiger partial charge < -0.3 is 11.1 Å². The van der Waals surface area contributed by atoms with Gasteiger partial charge in [0.1, 0.15) is 0 Å². The van der Waals surface area contributed by atoms with Crippen molar-refractivity contribution in [3.05, 3.63) is 47.8 Å². The van der Waals surface area contributed by atoms with Crippen LogP contribution in [0.15, 0.2) is 36.7 Å². The van der Waals surface area contributed by atoms with E-state index >= 15 is 0 Å². The average Bonchev–Trinajstić information content (AvgIpc) is 2.84. The molecule has 3 aromatic rings. The van der Waals surface area contributed by atoms with Crippen LogP contribution in [0, 0.1) is 13.8 Å². The third kappa shape index (κ3) is 2.69. The number of H-pyrrole nitrogens is 1. The van der Waals surface area contributed by atoms with Gasteiger partial charge in [-0.2, -0.15) is 4.98 Å². The molecule has 0 aliphatic rings. The zero-order valence-corrected chi connectivity index (χ0v) is 11.9. The van der Waals surface area contributed by atoms with Crippen LogP contribution < -0.4 is 11.1 Å². The Balaban J connectivity index is 1.96. The Morgan fingerprint density at radius 2 is 1.95 bits per heavy atom. The minimum Gasteiger partial charge on any atom is -0.368 e. The fourth-order valence-corrected chi connectivity index (χ4v) is 2.46. The number of nitrogens with zero attached hydrogens (tertiary/aromatic N) is 3. The largest absolute Gasteiger partial charge is 0.368 e. The summed E-state index contributed by atoms with van der Waals surface area (Å²) in [7, 11) is 0. The molecule has 1 aromatic carbocycles. The maximum atomic E-state index is 5.52. The number of aryl methyl sites for hydroxylation is 2. The van der Waals surface area contributed by atoms with Crippen LogP contribution >= 0.6 is 0 Å². The van der Waals surface area contributed by atoms with Crippen LogP contribution in [0.3, 0.4) is 0 Å². The van der Waals surface area contributed by atoms with Gasteiger partial charge in [-0.1, -0.05) is 6.07 Å². The highest BCUT2D eigenvalue weighted by Gasteiger charge is 2.09. The molecule has 2 aromatic heterocycles. The molecule has 6 heteroatoms. The van der Waals surface area contributed by atoms with Crippen molar-refractivity contribution in [1.29, 1.82) is 0 Å². The zero-order chi connectivity index (χ0) is 14.8. The van der Waals surface area contributed by atoms with Gasteiger partial charge in [0.25, 0.3) is 0 Å². The summed E-state index contributed by atoms with van der Waals surface area (Å²) < 4.78 is 0. The van der Waals surface area contributed by atoms with E-state index in [1.54, 1.807) is 6.20 Å². The minimum atomic E-state index is 0.290. The molecule has 0 aliphatic heterocycles. The standard InChI is InChI=1S/C15H16N6/c1-9-6-12(18-15-19-14(16)20-21-15)7-10(2)13(9)11-4-3-5-17-8-11/h3-8H,1-2H3,(H4,16,18,19,20,21). The highest BCUT2D eigenvalue weighted by Crippen LogP contribution is 2.30. The number of benzene rings is 1. The monoisotopic (exact) mass is 280 g/mol. The van der Waals surface area contributed by atoms with Crippen molar-refractivity contribution < 1.29 is 0 Å². The van der Waals surface area contributed by atoms with E-state index in [-0.39, 0.29) is 5.95 Å². The lowest BCUT2D eigenvalue weighted by atomic mass is 9.96. The Kier molecular flexibility index (Phi) is 3.27. The number of pyridine rings is 1. The number of nitrogen functional groups attached to an aromatic ring is 1. The van der Waals surface area contributed by atoms with E-state index in [0.29, 0.717) is 5.95 Å². The second kappa shape index (κ2) is 5.24. The van der Waals surface area contributed by atoms with Gasteiger partial charge in [0, 0.05) is 23.6 Å². The Labute approximate surface area is 122 Å². The first-order valence-corrected chi connectivity index (χ1v) is 6.60. The van der Waals surface area contributed by atoms with E-state index < -0.39 is 0 Å². The van der Waals surface area contributed by atoms with E-state index in [9.17, 15) is 0 Å². The van der Waals surface area contributed by atoms with Gasteiger partial charge in [-0.25, -0.2) is 5.10 Å². The van der Waals surface area contributed by atoms with Crippen LogP contribution in [0.4, 0.5) is 17.6 Å². The molecular weight excluding hydrogens is 264 g/mol. The molecule has 0 aliphatic carbocycles. The van der Waals surface area contributed by atoms with E-state index in [1.807, 2.05) is 12.3 Å². The summed E-state index contributed by atoms with van der Waals surface area (Å²) in [6.07, 6.45) is 3.65. The van der Waals surface area contributed by atoms with Crippen molar-refractivity contribution in [2.45, 2.75) is 13.8 Å². The summed E-state index contributed by atoms with van der Waals surface area (Å²) in [5.74, 6) is 0.748. The molecule has 0 radical (unpaired) electrons. The van der Waals surface area contributed by atoms with Crippen molar-refractivity contribution in [1.82, 2.24) is 20.2 Å². The third-order valence-electron chi connectivity index (χ3n) is 3.24. The molecule has 21 heavy (non-hydrogen) atoms. The van der Waals surface area contributed by atoms with Crippen molar-refractivity contribution in [2.24, 2.45) is 0 Å². The number of rotatable bonds is 3. The predicted molar refractivity (Wildman–Crippen MR) is 83.2 cm³/mol. The molecule has 0 fully saturated rings. The van der Waals surface area contributed by atoms with Crippen LogP contribution in [0.2, 0.25) is 0 Å². The van der Waals surface area contributed by atoms with Gasteiger partial charge in [0.2, 0.25) is 11.9 Å². The smallest absolute Gasteiger partial charge is 0.248 e. The molecule has 2 heterocycles. The number of hydrogen-bond acceptors (Lipinski definition) is 5. The maximum Gasteiger partial charge on any atom is 0.248 e. The van der Waals surface area contributed by atoms with Crippen molar-refractivity contribution in [3.8, 4) is 11.1 Å². The number of aromatic nitrogens is 4. The lowest BCUT2D eigenvalue weighted by Crippen LogP contribution is -1.96. The second-order valence-electron chi connectivity index (χ2n) is 4.90. The highest BCUT2D eigenvalue weighted by atomic mass is 15.3. The molecule has 0 atom stereocenters. The second-order valence-corrected chi connectivity index (χ2v) is 4.90. The molecule has 3 rings (SSSR count). The molecule has 0 bridgehead atoms. The molecule has 0 spiro atoms. The third-order valence-corrected chi connectivity index (χ3v) is 3.24. The predicted octanol–water partition coefficient (Wildman–Crippen LogP) is 2.81. The molecule has 0 saturated heterocycles. The first-order chi connectivity index (χ1) is 10.1. The lowest BCUT2D eigenvalue weighted by molar-refractivity contribution is 1.10.